The van der Waals surface area contributed by atoms with Crippen LogP contribution in [-0.2, 0) is 0 Å². The van der Waals surface area contributed by atoms with E-state index in [1.807, 2.05) is 0 Å². The van der Waals surface area contributed by atoms with Crippen molar-refractivity contribution in [1.82, 2.24) is 4.90 Å². The molecular formula is C8H19NSi. The minimum absolute atomic E-state index is 0.318. The van der Waals surface area contributed by atoms with Gasteiger partial charge in [-0.3, -0.25) is 0 Å². The summed E-state index contributed by atoms with van der Waals surface area (Å²) in [6, 6.07) is 0. The summed E-state index contributed by atoms with van der Waals surface area (Å²) >= 11 is 0. The van der Waals surface area contributed by atoms with Crippen LogP contribution in [0.1, 0.15) is 19.3 Å². The Morgan fingerprint density at radius 3 is 2.20 bits per heavy atom. The number of hydrogen-bond donors (Lipinski definition) is 0. The Kier molecular flexibility index (Phi) is 3.42. The number of hydrogen-bond acceptors (Lipinski definition) is 1. The Hall–Kier alpha value is 0.177. The molecule has 0 bridgehead atoms. The Morgan fingerprint density at radius 2 is 1.70 bits per heavy atom. The van der Waals surface area contributed by atoms with Gasteiger partial charge < -0.3 is 4.90 Å². The van der Waals surface area contributed by atoms with Crippen molar-refractivity contribution in [1.29, 1.82) is 0 Å². The fraction of sp³-hybridized carbons (Fsp3) is 1.00. The van der Waals surface area contributed by atoms with Crippen LogP contribution in [0.25, 0.3) is 0 Å². The zero-order valence-electron chi connectivity index (χ0n) is 7.27. The molecule has 0 saturated carbocycles. The van der Waals surface area contributed by atoms with Gasteiger partial charge in [0.05, 0.1) is 0 Å². The largest absolute Gasteiger partial charge is 0.306 e. The van der Waals surface area contributed by atoms with E-state index in [2.05, 4.69) is 18.0 Å². The maximum absolute atomic E-state index is 2.65. The highest BCUT2D eigenvalue weighted by molar-refractivity contribution is 6.55. The second kappa shape index (κ2) is 4.14. The summed E-state index contributed by atoms with van der Waals surface area (Å²) in [5, 5.41) is 0. The van der Waals surface area contributed by atoms with Crippen LogP contribution in [0.5, 0.6) is 0 Å². The van der Waals surface area contributed by atoms with Crippen molar-refractivity contribution in [2.24, 2.45) is 0 Å². The van der Waals surface area contributed by atoms with Gasteiger partial charge in [0.15, 0.2) is 0 Å². The molecule has 0 aromatic heterocycles. The molecule has 1 heterocycles. The maximum Gasteiger partial charge on any atom is 0.0469 e. The van der Waals surface area contributed by atoms with Crippen LogP contribution < -0.4 is 0 Å². The molecular weight excluding hydrogens is 138 g/mol. The zero-order valence-corrected chi connectivity index (χ0v) is 8.42. The zero-order chi connectivity index (χ0) is 7.40. The third kappa shape index (κ3) is 2.84. The topological polar surface area (TPSA) is 3.24 Å². The standard InChI is InChI=1S/C8H19NSi/c1-10(2)8-9-6-4-3-5-7-9/h10H,3-8H2,1-2H3. The first-order chi connectivity index (χ1) is 4.79. The summed E-state index contributed by atoms with van der Waals surface area (Å²) in [7, 11) is -0.318. The molecule has 0 unspecified atom stereocenters. The molecule has 0 N–H and O–H groups in total. The van der Waals surface area contributed by atoms with Crippen LogP contribution in [0.3, 0.4) is 0 Å². The van der Waals surface area contributed by atoms with Crippen LogP contribution in [0.4, 0.5) is 0 Å². The molecule has 1 rings (SSSR count). The molecule has 1 aliphatic heterocycles. The molecule has 1 nitrogen and oxygen atoms in total. The summed E-state index contributed by atoms with van der Waals surface area (Å²) in [5.74, 6) is 0. The molecule has 1 fully saturated rings. The van der Waals surface area contributed by atoms with Crippen LogP contribution >= 0.6 is 0 Å². The first-order valence-corrected chi connectivity index (χ1v) is 7.64. The average molecular weight is 157 g/mol. The smallest absolute Gasteiger partial charge is 0.0469 e. The van der Waals surface area contributed by atoms with E-state index in [1.165, 1.54) is 38.5 Å². The number of likely N-dealkylation sites (tertiary alicyclic amines) is 1. The number of nitrogens with zero attached hydrogens (tertiary/aromatic N) is 1. The summed E-state index contributed by atoms with van der Waals surface area (Å²) < 4.78 is 0. The van der Waals surface area contributed by atoms with Gasteiger partial charge in [-0.15, -0.1) is 0 Å². The molecule has 0 aromatic rings. The first-order valence-electron chi connectivity index (χ1n) is 4.51. The monoisotopic (exact) mass is 157 g/mol. The quantitative estimate of drug-likeness (QED) is 0.549. The molecule has 10 heavy (non-hydrogen) atoms. The Balaban J connectivity index is 2.13. The van der Waals surface area contributed by atoms with Gasteiger partial charge in [0, 0.05) is 8.80 Å². The van der Waals surface area contributed by atoms with Crippen molar-refractivity contribution in [2.75, 3.05) is 19.3 Å². The molecule has 0 atom stereocenters. The van der Waals surface area contributed by atoms with E-state index in [9.17, 15) is 0 Å². The van der Waals surface area contributed by atoms with Gasteiger partial charge >= 0.3 is 0 Å². The van der Waals surface area contributed by atoms with Gasteiger partial charge in [0.25, 0.3) is 0 Å². The second-order valence-electron chi connectivity index (χ2n) is 3.76. The normalized spacial score (nSPS) is 21.9. The van der Waals surface area contributed by atoms with E-state index >= 15 is 0 Å². The first kappa shape index (κ1) is 8.28. The van der Waals surface area contributed by atoms with Gasteiger partial charge in [0.1, 0.15) is 0 Å². The van der Waals surface area contributed by atoms with Crippen molar-refractivity contribution in [3.05, 3.63) is 0 Å². The lowest BCUT2D eigenvalue weighted by molar-refractivity contribution is 0.261. The predicted molar refractivity (Wildman–Crippen MR) is 49.2 cm³/mol. The second-order valence-corrected chi connectivity index (χ2v) is 6.91. The van der Waals surface area contributed by atoms with Crippen molar-refractivity contribution in [3.8, 4) is 0 Å². The molecule has 60 valence electrons. The van der Waals surface area contributed by atoms with Gasteiger partial charge in [0.2, 0.25) is 0 Å². The Morgan fingerprint density at radius 1 is 1.10 bits per heavy atom. The lowest BCUT2D eigenvalue weighted by Crippen LogP contribution is -2.35. The van der Waals surface area contributed by atoms with Crippen LogP contribution in [-0.4, -0.2) is 33.0 Å². The summed E-state index contributed by atoms with van der Waals surface area (Å²) in [6.45, 7) is 7.64. The summed E-state index contributed by atoms with van der Waals surface area (Å²) in [4.78, 5) is 2.65. The SMILES string of the molecule is C[SiH](C)CN1CCCCC1. The van der Waals surface area contributed by atoms with E-state index in [4.69, 9.17) is 0 Å². The fourth-order valence-electron chi connectivity index (χ4n) is 1.66. The molecule has 0 aromatic carbocycles. The van der Waals surface area contributed by atoms with E-state index in [0.29, 0.717) is 0 Å². The molecule has 0 amide bonds. The van der Waals surface area contributed by atoms with Crippen LogP contribution in [0.2, 0.25) is 13.1 Å². The lowest BCUT2D eigenvalue weighted by atomic mass is 10.1. The highest BCUT2D eigenvalue weighted by atomic mass is 28.3. The van der Waals surface area contributed by atoms with Crippen molar-refractivity contribution in [2.45, 2.75) is 32.4 Å². The molecule has 1 aliphatic rings. The number of piperidine rings is 1. The Bertz CT molecular complexity index is 87.3. The third-order valence-corrected chi connectivity index (χ3v) is 3.32. The molecule has 2 heteroatoms. The van der Waals surface area contributed by atoms with E-state index in [-0.39, 0.29) is 8.80 Å². The number of rotatable bonds is 2. The van der Waals surface area contributed by atoms with Crippen molar-refractivity contribution >= 4 is 8.80 Å². The summed E-state index contributed by atoms with van der Waals surface area (Å²) in [6.07, 6.45) is 5.80. The molecule has 1 saturated heterocycles. The van der Waals surface area contributed by atoms with Gasteiger partial charge in [-0.1, -0.05) is 19.5 Å². The maximum atomic E-state index is 2.65. The lowest BCUT2D eigenvalue weighted by Gasteiger charge is -2.27. The third-order valence-electron chi connectivity index (χ3n) is 2.07. The van der Waals surface area contributed by atoms with Gasteiger partial charge in [-0.25, -0.2) is 0 Å². The minimum atomic E-state index is -0.318. The predicted octanol–water partition coefficient (Wildman–Crippen LogP) is 1.50. The van der Waals surface area contributed by atoms with E-state index < -0.39 is 0 Å². The van der Waals surface area contributed by atoms with Gasteiger partial charge in [-0.2, -0.15) is 0 Å². The average Bonchev–Trinajstić information content (AvgIpc) is 1.88. The highest BCUT2D eigenvalue weighted by Crippen LogP contribution is 2.08. The highest BCUT2D eigenvalue weighted by Gasteiger charge is 2.10. The van der Waals surface area contributed by atoms with Crippen molar-refractivity contribution in [3.63, 3.8) is 0 Å². The van der Waals surface area contributed by atoms with Crippen molar-refractivity contribution < 1.29 is 0 Å². The van der Waals surface area contributed by atoms with Crippen LogP contribution in [0, 0.1) is 0 Å². The van der Waals surface area contributed by atoms with Gasteiger partial charge in [-0.05, 0) is 32.1 Å². The summed E-state index contributed by atoms with van der Waals surface area (Å²) in [5.41, 5.74) is 0. The molecule has 0 radical (unpaired) electrons. The van der Waals surface area contributed by atoms with Crippen LogP contribution in [0.15, 0.2) is 0 Å². The molecule has 0 aliphatic carbocycles. The van der Waals surface area contributed by atoms with E-state index in [0.717, 1.165) is 0 Å². The molecule has 0 spiro atoms. The Labute approximate surface area is 66.0 Å². The minimum Gasteiger partial charge on any atom is -0.306 e. The van der Waals surface area contributed by atoms with E-state index in [1.54, 1.807) is 0 Å². The fourth-order valence-corrected chi connectivity index (χ4v) is 3.06.